The van der Waals surface area contributed by atoms with Crippen molar-refractivity contribution in [1.29, 1.82) is 5.26 Å². The summed E-state index contributed by atoms with van der Waals surface area (Å²) in [6.45, 7) is 8.28. The number of hydrogen-bond donors (Lipinski definition) is 0. The van der Waals surface area contributed by atoms with Crippen LogP contribution >= 0.6 is 0 Å². The molecule has 1 fully saturated rings. The summed E-state index contributed by atoms with van der Waals surface area (Å²) in [5.74, 6) is 1.32. The van der Waals surface area contributed by atoms with Crippen molar-refractivity contribution in [2.24, 2.45) is 5.92 Å². The Bertz CT molecular complexity index is 920. The molecule has 3 rings (SSSR count). The molecule has 0 N–H and O–H groups in total. The Morgan fingerprint density at radius 1 is 1.06 bits per heavy atom. The molecule has 2 aromatic carbocycles. The highest BCUT2D eigenvalue weighted by atomic mass is 19.4. The molecule has 0 saturated heterocycles. The molecule has 0 bridgehead atoms. The molecular formula is C25H29F3N2O. The van der Waals surface area contributed by atoms with Crippen molar-refractivity contribution in [2.75, 3.05) is 24.6 Å². The van der Waals surface area contributed by atoms with Gasteiger partial charge in [0, 0.05) is 18.8 Å². The summed E-state index contributed by atoms with van der Waals surface area (Å²) >= 11 is 0. The number of rotatable bonds is 8. The lowest BCUT2D eigenvalue weighted by atomic mass is 9.87. The van der Waals surface area contributed by atoms with Gasteiger partial charge in [0.05, 0.1) is 23.8 Å². The summed E-state index contributed by atoms with van der Waals surface area (Å²) < 4.78 is 45.9. The normalized spacial score (nSPS) is 14.2. The number of ether oxygens (including phenoxy) is 1. The minimum absolute atomic E-state index is 0.0816. The molecule has 0 aliphatic heterocycles. The molecule has 1 saturated carbocycles. The van der Waals surface area contributed by atoms with Gasteiger partial charge in [-0.2, -0.15) is 18.4 Å². The van der Waals surface area contributed by atoms with E-state index >= 15 is 0 Å². The molecule has 3 nitrogen and oxygen atoms in total. The fourth-order valence-electron chi connectivity index (χ4n) is 3.50. The van der Waals surface area contributed by atoms with Crippen LogP contribution in [0, 0.1) is 17.2 Å². The summed E-state index contributed by atoms with van der Waals surface area (Å²) in [7, 11) is 0. The van der Waals surface area contributed by atoms with Crippen molar-refractivity contribution < 1.29 is 17.9 Å². The summed E-state index contributed by atoms with van der Waals surface area (Å²) in [6, 6.07) is 13.7. The van der Waals surface area contributed by atoms with Gasteiger partial charge in [-0.25, -0.2) is 0 Å². The molecule has 0 aromatic heterocycles. The maximum Gasteiger partial charge on any atom is 0.417 e. The Morgan fingerprint density at radius 3 is 2.29 bits per heavy atom. The molecule has 0 atom stereocenters. The van der Waals surface area contributed by atoms with Crippen molar-refractivity contribution in [3.05, 3.63) is 59.2 Å². The van der Waals surface area contributed by atoms with E-state index in [-0.39, 0.29) is 11.0 Å². The average molecular weight is 431 g/mol. The topological polar surface area (TPSA) is 36.3 Å². The lowest BCUT2D eigenvalue weighted by molar-refractivity contribution is -0.137. The van der Waals surface area contributed by atoms with E-state index in [0.717, 1.165) is 31.2 Å². The third kappa shape index (κ3) is 6.40. The molecule has 1 aliphatic carbocycles. The highest BCUT2D eigenvalue weighted by molar-refractivity contribution is 5.55. The zero-order valence-electron chi connectivity index (χ0n) is 18.3. The molecule has 0 spiro atoms. The summed E-state index contributed by atoms with van der Waals surface area (Å²) in [4.78, 5) is 1.99. The van der Waals surface area contributed by atoms with E-state index in [0.29, 0.717) is 31.2 Å². The first-order valence-electron chi connectivity index (χ1n) is 10.7. The maximum atomic E-state index is 13.4. The fourth-order valence-corrected chi connectivity index (χ4v) is 3.50. The van der Waals surface area contributed by atoms with Crippen molar-refractivity contribution in [3.8, 4) is 11.8 Å². The highest BCUT2D eigenvalue weighted by Gasteiger charge is 2.34. The number of halogens is 3. The zero-order valence-corrected chi connectivity index (χ0v) is 18.3. The van der Waals surface area contributed by atoms with Crippen LogP contribution in [0.4, 0.5) is 18.9 Å². The van der Waals surface area contributed by atoms with Gasteiger partial charge in [-0.3, -0.25) is 0 Å². The van der Waals surface area contributed by atoms with E-state index < -0.39 is 11.7 Å². The molecular weight excluding hydrogens is 401 g/mol. The fraction of sp³-hybridized carbons (Fsp3) is 0.480. The highest BCUT2D eigenvalue weighted by Crippen LogP contribution is 2.36. The van der Waals surface area contributed by atoms with Crippen molar-refractivity contribution >= 4 is 5.69 Å². The van der Waals surface area contributed by atoms with E-state index in [1.165, 1.54) is 11.6 Å². The molecule has 6 heteroatoms. The van der Waals surface area contributed by atoms with Gasteiger partial charge < -0.3 is 9.64 Å². The molecule has 0 unspecified atom stereocenters. The first-order chi connectivity index (χ1) is 14.6. The molecule has 166 valence electrons. The molecule has 0 amide bonds. The van der Waals surface area contributed by atoms with Crippen LogP contribution in [0.25, 0.3) is 0 Å². The van der Waals surface area contributed by atoms with Crippen LogP contribution < -0.4 is 9.64 Å². The average Bonchev–Trinajstić information content (AvgIpc) is 3.53. The second-order valence-electron chi connectivity index (χ2n) is 9.21. The van der Waals surface area contributed by atoms with Gasteiger partial charge in [0.25, 0.3) is 0 Å². The van der Waals surface area contributed by atoms with Gasteiger partial charge in [-0.15, -0.1) is 0 Å². The first-order valence-corrected chi connectivity index (χ1v) is 10.7. The lowest BCUT2D eigenvalue weighted by Gasteiger charge is -2.26. The molecule has 0 radical (unpaired) electrons. The molecule has 1 aliphatic rings. The van der Waals surface area contributed by atoms with Crippen LogP contribution in [-0.4, -0.2) is 19.7 Å². The van der Waals surface area contributed by atoms with E-state index in [2.05, 4.69) is 32.9 Å². The minimum Gasteiger partial charge on any atom is -0.494 e. The lowest BCUT2D eigenvalue weighted by Crippen LogP contribution is -2.28. The van der Waals surface area contributed by atoms with Gasteiger partial charge in [0.2, 0.25) is 0 Å². The van der Waals surface area contributed by atoms with Gasteiger partial charge in [-0.05, 0) is 66.5 Å². The zero-order chi connectivity index (χ0) is 22.6. The van der Waals surface area contributed by atoms with Crippen molar-refractivity contribution in [2.45, 2.75) is 51.6 Å². The second kappa shape index (κ2) is 9.21. The predicted octanol–water partition coefficient (Wildman–Crippen LogP) is 6.56. The smallest absolute Gasteiger partial charge is 0.417 e. The van der Waals surface area contributed by atoms with Gasteiger partial charge >= 0.3 is 6.18 Å². The number of anilines is 1. The molecule has 0 heterocycles. The van der Waals surface area contributed by atoms with Crippen molar-refractivity contribution in [1.82, 2.24) is 0 Å². The molecule has 2 aromatic rings. The summed E-state index contributed by atoms with van der Waals surface area (Å²) in [6.07, 6.45) is -1.64. The monoisotopic (exact) mass is 430 g/mol. The number of nitrogens with zero attached hydrogens (tertiary/aromatic N) is 2. The van der Waals surface area contributed by atoms with Crippen LogP contribution in [0.5, 0.6) is 5.75 Å². The van der Waals surface area contributed by atoms with Crippen LogP contribution in [0.2, 0.25) is 0 Å². The Labute approximate surface area is 182 Å². The second-order valence-corrected chi connectivity index (χ2v) is 9.21. The van der Waals surface area contributed by atoms with Gasteiger partial charge in [0.15, 0.2) is 0 Å². The van der Waals surface area contributed by atoms with E-state index in [4.69, 9.17) is 10.00 Å². The number of alkyl halides is 3. The standard InChI is InChI=1S/C25H29F3N2O/c1-24(2,3)20-8-11-22(12-9-20)31-14-4-13-30(17-18-5-6-18)21-10-7-19(16-29)23(15-21)25(26,27)28/h7-12,15,18H,4-6,13-14,17H2,1-3H3. The Kier molecular flexibility index (Phi) is 6.83. The summed E-state index contributed by atoms with van der Waals surface area (Å²) in [5.41, 5.74) is 0.607. The number of benzene rings is 2. The SMILES string of the molecule is CC(C)(C)c1ccc(OCCCN(CC2CC2)c2ccc(C#N)c(C(F)(F)F)c2)cc1. The van der Waals surface area contributed by atoms with Crippen LogP contribution in [-0.2, 0) is 11.6 Å². The quantitative estimate of drug-likeness (QED) is 0.445. The van der Waals surface area contributed by atoms with Crippen LogP contribution in [0.15, 0.2) is 42.5 Å². The minimum atomic E-state index is -4.55. The Morgan fingerprint density at radius 2 is 1.74 bits per heavy atom. The van der Waals surface area contributed by atoms with Gasteiger partial charge in [-0.1, -0.05) is 32.9 Å². The Hall–Kier alpha value is -2.68. The largest absolute Gasteiger partial charge is 0.494 e. The maximum absolute atomic E-state index is 13.4. The molecule has 31 heavy (non-hydrogen) atoms. The predicted molar refractivity (Wildman–Crippen MR) is 116 cm³/mol. The first kappa shape index (κ1) is 23.0. The Balaban J connectivity index is 1.63. The van der Waals surface area contributed by atoms with Crippen LogP contribution in [0.1, 0.15) is 56.7 Å². The number of nitriles is 1. The third-order valence-electron chi connectivity index (χ3n) is 5.53. The number of hydrogen-bond acceptors (Lipinski definition) is 3. The van der Waals surface area contributed by atoms with E-state index in [9.17, 15) is 13.2 Å². The van der Waals surface area contributed by atoms with E-state index in [1.54, 1.807) is 12.1 Å². The van der Waals surface area contributed by atoms with Crippen LogP contribution in [0.3, 0.4) is 0 Å². The third-order valence-corrected chi connectivity index (χ3v) is 5.53. The summed E-state index contributed by atoms with van der Waals surface area (Å²) in [5, 5.41) is 9.03. The van der Waals surface area contributed by atoms with E-state index in [1.807, 2.05) is 17.0 Å². The van der Waals surface area contributed by atoms with Gasteiger partial charge in [0.1, 0.15) is 5.75 Å². The van der Waals surface area contributed by atoms with Crippen molar-refractivity contribution in [3.63, 3.8) is 0 Å².